The first-order valence-electron chi connectivity index (χ1n) is 13.5. The molecule has 0 radical (unpaired) electrons. The van der Waals surface area contributed by atoms with E-state index in [1.54, 1.807) is 36.1 Å². The summed E-state index contributed by atoms with van der Waals surface area (Å²) in [6.45, 7) is 3.31. The maximum absolute atomic E-state index is 14.2. The number of nitrogens with zero attached hydrogens (tertiary/aromatic N) is 3. The second-order valence-corrected chi connectivity index (χ2v) is 10.3. The molecule has 5 rings (SSSR count). The average molecular weight is 581 g/mol. The lowest BCUT2D eigenvalue weighted by Crippen LogP contribution is -2.53. The molecule has 0 saturated heterocycles. The number of hydrogen-bond donors (Lipinski definition) is 2. The number of amides is 2. The van der Waals surface area contributed by atoms with Crippen LogP contribution in [0.15, 0.2) is 64.7 Å². The number of pyridine rings is 1. The number of aromatic nitrogens is 1. The molecule has 3 heterocycles. The maximum Gasteiger partial charge on any atom is 0.274 e. The van der Waals surface area contributed by atoms with Gasteiger partial charge in [0.25, 0.3) is 11.8 Å². The largest absolute Gasteiger partial charge is 0.483 e. The fourth-order valence-corrected chi connectivity index (χ4v) is 5.04. The van der Waals surface area contributed by atoms with E-state index in [2.05, 4.69) is 10.5 Å². The van der Waals surface area contributed by atoms with Crippen molar-refractivity contribution in [1.29, 1.82) is 0 Å². The van der Waals surface area contributed by atoms with Gasteiger partial charge in [-0.1, -0.05) is 41.6 Å². The molecule has 1 aromatic heterocycles. The summed E-state index contributed by atoms with van der Waals surface area (Å²) >= 11 is 0. The van der Waals surface area contributed by atoms with E-state index in [9.17, 15) is 28.3 Å². The van der Waals surface area contributed by atoms with Crippen LogP contribution in [0.1, 0.15) is 58.3 Å². The van der Waals surface area contributed by atoms with E-state index in [4.69, 9.17) is 9.57 Å². The molecule has 0 spiro atoms. The van der Waals surface area contributed by atoms with E-state index in [-0.39, 0.29) is 60.6 Å². The van der Waals surface area contributed by atoms with Gasteiger partial charge >= 0.3 is 0 Å². The third kappa shape index (κ3) is 5.75. The molecule has 1 unspecified atom stereocenters. The van der Waals surface area contributed by atoms with Crippen LogP contribution in [0.25, 0.3) is 0 Å². The van der Waals surface area contributed by atoms with E-state index >= 15 is 0 Å². The van der Waals surface area contributed by atoms with Gasteiger partial charge in [0, 0.05) is 43.4 Å². The predicted octanol–water partition coefficient (Wildman–Crippen LogP) is 3.18. The second kappa shape index (κ2) is 12.1. The van der Waals surface area contributed by atoms with Crippen LogP contribution >= 0.6 is 0 Å². The van der Waals surface area contributed by atoms with Crippen molar-refractivity contribution in [3.8, 4) is 5.75 Å². The van der Waals surface area contributed by atoms with Gasteiger partial charge in [-0.05, 0) is 25.5 Å². The molecule has 2 aliphatic rings. The Hall–Kier alpha value is -4.58. The number of ether oxygens (including phenoxy) is 1. The Labute approximate surface area is 240 Å². The van der Waals surface area contributed by atoms with Crippen LogP contribution in [0.3, 0.4) is 0 Å². The topological polar surface area (TPSA) is 122 Å². The summed E-state index contributed by atoms with van der Waals surface area (Å²) in [5.41, 5.74) is -0.346. The van der Waals surface area contributed by atoms with Gasteiger partial charge in [-0.15, -0.1) is 0 Å². The summed E-state index contributed by atoms with van der Waals surface area (Å²) in [5.74, 6) is -3.33. The smallest absolute Gasteiger partial charge is 0.274 e. The van der Waals surface area contributed by atoms with Crippen molar-refractivity contribution < 1.29 is 33.1 Å². The van der Waals surface area contributed by atoms with E-state index in [0.717, 1.165) is 11.6 Å². The summed E-state index contributed by atoms with van der Waals surface area (Å²) in [5, 5.41) is 17.8. The van der Waals surface area contributed by atoms with E-state index in [0.29, 0.717) is 12.5 Å². The fraction of sp³-hybridized carbons (Fsp3) is 0.333. The molecule has 42 heavy (non-hydrogen) atoms. The number of nitrogens with one attached hydrogen (secondary N) is 1. The number of oxime groups is 1. The summed E-state index contributed by atoms with van der Waals surface area (Å²) in [6, 6.07) is 10.8. The lowest BCUT2D eigenvalue weighted by molar-refractivity contribution is 0.0358. The Balaban J connectivity index is 1.61. The number of hydrogen-bond acceptors (Lipinski definition) is 7. The van der Waals surface area contributed by atoms with Crippen LogP contribution in [0.4, 0.5) is 8.78 Å². The minimum atomic E-state index is -1.24. The van der Waals surface area contributed by atoms with Gasteiger partial charge in [0.2, 0.25) is 5.43 Å². The first-order valence-corrected chi connectivity index (χ1v) is 13.5. The number of benzene rings is 2. The lowest BCUT2D eigenvalue weighted by Gasteiger charge is -2.41. The zero-order valence-electron chi connectivity index (χ0n) is 23.0. The van der Waals surface area contributed by atoms with Crippen molar-refractivity contribution in [3.63, 3.8) is 0 Å². The molecule has 220 valence electrons. The molecular formula is C30H30F2N4O6. The zero-order chi connectivity index (χ0) is 30.0. The molecule has 10 nitrogen and oxygen atoms in total. The Morgan fingerprint density at radius 3 is 2.69 bits per heavy atom. The van der Waals surface area contributed by atoms with Gasteiger partial charge in [-0.3, -0.25) is 14.4 Å². The summed E-state index contributed by atoms with van der Waals surface area (Å²) < 4.78 is 34.9. The molecular weight excluding hydrogens is 550 g/mol. The van der Waals surface area contributed by atoms with Crippen molar-refractivity contribution in [1.82, 2.24) is 14.8 Å². The molecule has 3 atom stereocenters. The minimum Gasteiger partial charge on any atom is -0.483 e. The zero-order valence-corrected chi connectivity index (χ0v) is 23.0. The Bertz CT molecular complexity index is 1590. The number of carbonyl (C=O) groups is 2. The minimum absolute atomic E-state index is 0.0118. The van der Waals surface area contributed by atoms with Crippen molar-refractivity contribution in [3.05, 3.63) is 99.0 Å². The van der Waals surface area contributed by atoms with Crippen LogP contribution in [-0.2, 0) is 18.0 Å². The number of aliphatic hydroxyl groups is 1. The Kier molecular flexibility index (Phi) is 8.34. The first-order chi connectivity index (χ1) is 20.2. The molecule has 0 aliphatic carbocycles. The summed E-state index contributed by atoms with van der Waals surface area (Å²) in [4.78, 5) is 47.9. The van der Waals surface area contributed by atoms with Crippen LogP contribution in [-0.4, -0.2) is 57.4 Å². The standard InChI is InChI=1S/C30H30F2N4O6/c1-17-10-11-42-34-18(2)26(37)24-15-35(17)30(40)25-28(41-16-19-6-4-3-5-7-19)27(38)22(14-36(24)25)29(39)33-13-20-8-9-21(31)12-23(20)32/h3-9,12,14,17,24,26,37H,10-11,13,15-16H2,1-2H3,(H,33,39)/b34-18-/t17-,24+,26?/m0/s1. The average Bonchev–Trinajstić information content (AvgIpc) is 2.97. The van der Waals surface area contributed by atoms with Gasteiger partial charge in [0.1, 0.15) is 36.5 Å². The quantitative estimate of drug-likeness (QED) is 0.462. The van der Waals surface area contributed by atoms with Crippen molar-refractivity contribution in [2.24, 2.45) is 5.16 Å². The number of aliphatic hydroxyl groups excluding tert-OH is 1. The van der Waals surface area contributed by atoms with E-state index < -0.39 is 41.0 Å². The highest BCUT2D eigenvalue weighted by molar-refractivity contribution is 5.99. The molecule has 12 heteroatoms. The van der Waals surface area contributed by atoms with E-state index in [1.165, 1.54) is 16.8 Å². The van der Waals surface area contributed by atoms with Crippen LogP contribution in [0.2, 0.25) is 0 Å². The normalized spacial score (nSPS) is 21.5. The number of fused-ring (bicyclic) bond motifs is 4. The van der Waals surface area contributed by atoms with Crippen molar-refractivity contribution in [2.45, 2.75) is 51.6 Å². The number of rotatable bonds is 6. The van der Waals surface area contributed by atoms with Gasteiger partial charge in [-0.25, -0.2) is 8.78 Å². The molecule has 0 fully saturated rings. The molecule has 2 aromatic carbocycles. The molecule has 2 bridgehead atoms. The predicted molar refractivity (Wildman–Crippen MR) is 148 cm³/mol. The van der Waals surface area contributed by atoms with Gasteiger partial charge < -0.3 is 29.5 Å². The highest BCUT2D eigenvalue weighted by Gasteiger charge is 2.41. The summed E-state index contributed by atoms with van der Waals surface area (Å²) in [6.07, 6.45) is 0.422. The fourth-order valence-electron chi connectivity index (χ4n) is 5.04. The summed E-state index contributed by atoms with van der Waals surface area (Å²) in [7, 11) is 0. The maximum atomic E-state index is 14.2. The highest BCUT2D eigenvalue weighted by Crippen LogP contribution is 2.32. The molecule has 3 aromatic rings. The molecule has 0 saturated carbocycles. The molecule has 2 N–H and O–H groups in total. The van der Waals surface area contributed by atoms with Crippen molar-refractivity contribution in [2.75, 3.05) is 13.2 Å². The van der Waals surface area contributed by atoms with Crippen LogP contribution in [0, 0.1) is 11.6 Å². The van der Waals surface area contributed by atoms with Crippen LogP contribution < -0.4 is 15.5 Å². The van der Waals surface area contributed by atoms with E-state index in [1.807, 2.05) is 13.0 Å². The van der Waals surface area contributed by atoms with Crippen LogP contribution in [0.5, 0.6) is 5.75 Å². The van der Waals surface area contributed by atoms with Gasteiger partial charge in [0.15, 0.2) is 11.4 Å². The van der Waals surface area contributed by atoms with Gasteiger partial charge in [-0.2, -0.15) is 0 Å². The third-order valence-electron chi connectivity index (χ3n) is 7.48. The third-order valence-corrected chi connectivity index (χ3v) is 7.48. The SMILES string of the molecule is C/C1=N/OCC[C@H](C)N2C[C@H](C1O)n1cc(C(=O)NCc3ccc(F)cc3F)c(=O)c(OCc3ccccc3)c1C2=O. The lowest BCUT2D eigenvalue weighted by atomic mass is 9.98. The molecule has 2 aliphatic heterocycles. The van der Waals surface area contributed by atoms with Gasteiger partial charge in [0.05, 0.1) is 11.8 Å². The Morgan fingerprint density at radius 2 is 1.95 bits per heavy atom. The van der Waals surface area contributed by atoms with Crippen molar-refractivity contribution >= 4 is 17.5 Å². The second-order valence-electron chi connectivity index (χ2n) is 10.3. The Morgan fingerprint density at radius 1 is 1.19 bits per heavy atom. The molecule has 2 amide bonds. The monoisotopic (exact) mass is 580 g/mol. The first kappa shape index (κ1) is 28.9. The number of carbonyl (C=O) groups excluding carboxylic acids is 2. The highest BCUT2D eigenvalue weighted by atomic mass is 19.1. The number of halogens is 2.